The predicted octanol–water partition coefficient (Wildman–Crippen LogP) is 3.40. The van der Waals surface area contributed by atoms with Crippen molar-refractivity contribution in [1.82, 2.24) is 0 Å². The van der Waals surface area contributed by atoms with Crippen LogP contribution in [0.25, 0.3) is 11.1 Å². The van der Waals surface area contributed by atoms with E-state index in [9.17, 15) is 0 Å². The number of rotatable bonds is 1. The van der Waals surface area contributed by atoms with Crippen LogP contribution in [-0.2, 0) is 15.9 Å². The summed E-state index contributed by atoms with van der Waals surface area (Å²) in [5.74, 6) is 0. The summed E-state index contributed by atoms with van der Waals surface area (Å²) in [4.78, 5) is 0. The smallest absolute Gasteiger partial charge is 0.0622 e. The molecule has 0 aliphatic heterocycles. The molecule has 2 heteroatoms. The summed E-state index contributed by atoms with van der Waals surface area (Å²) in [6, 6.07) is 20.8. The maximum Gasteiger partial charge on any atom is 0.455 e. The summed E-state index contributed by atoms with van der Waals surface area (Å²) in [5.41, 5.74) is 2.55. The fraction of sp³-hybridized carbons (Fsp3) is 0.0769. The highest BCUT2D eigenvalue weighted by Crippen LogP contribution is 2.17. The third-order valence-electron chi connectivity index (χ3n) is 1.88. The van der Waals surface area contributed by atoms with Gasteiger partial charge in [-0.25, -0.2) is 0 Å². The van der Waals surface area contributed by atoms with Crippen LogP contribution in [0.15, 0.2) is 60.7 Å². The van der Waals surface area contributed by atoms with E-state index in [1.165, 1.54) is 17.4 Å². The van der Waals surface area contributed by atoms with Gasteiger partial charge in [0, 0.05) is 4.21 Å². The fourth-order valence-electron chi connectivity index (χ4n) is 1.26. The Morgan fingerprint density at radius 2 is 1.00 bits per heavy atom. The van der Waals surface area contributed by atoms with Gasteiger partial charge in [-0.05, 0) is 11.1 Å². The first-order valence-electron chi connectivity index (χ1n) is 4.65. The minimum atomic E-state index is 0.500. The number of hydrogen-bond acceptors (Lipinski definition) is 1. The van der Waals surface area contributed by atoms with Crippen LogP contribution in [0, 0.1) is 0 Å². The Hall–Kier alpha value is -1.54. The Balaban J connectivity index is 0.000000337. The molecule has 0 spiro atoms. The van der Waals surface area contributed by atoms with Crippen LogP contribution >= 0.6 is 0 Å². The molecular weight excluding hydrogens is 204 g/mol. The average Bonchev–Trinajstić information content (AvgIpc) is 2.32. The summed E-state index contributed by atoms with van der Waals surface area (Å²) < 4.78 is 8.85. The molecule has 2 rings (SSSR count). The third-order valence-corrected chi connectivity index (χ3v) is 1.88. The van der Waals surface area contributed by atoms with Gasteiger partial charge in [0.05, 0.1) is 0 Å². The van der Waals surface area contributed by atoms with E-state index < -0.39 is 0 Å². The molecule has 0 aliphatic carbocycles. The van der Waals surface area contributed by atoms with Gasteiger partial charge >= 0.3 is 11.7 Å². The first-order chi connectivity index (χ1) is 7.38. The lowest BCUT2D eigenvalue weighted by Gasteiger charge is -1.98. The standard InChI is InChI=1S/C12H10.CH3OS/c1-3-7-11(8-4-1)12-9-5-2-6-10-12;1-3-2/h1-10H;1H3/q;+1. The molecular formula is C13H13OS+. The lowest BCUT2D eigenvalue weighted by Crippen LogP contribution is -1.73. The lowest BCUT2D eigenvalue weighted by molar-refractivity contribution is 0.607. The Morgan fingerprint density at radius 1 is 0.733 bits per heavy atom. The van der Waals surface area contributed by atoms with Crippen molar-refractivity contribution in [2.75, 3.05) is 6.26 Å². The Labute approximate surface area is 94.3 Å². The summed E-state index contributed by atoms with van der Waals surface area (Å²) in [5, 5.41) is 0. The molecule has 76 valence electrons. The van der Waals surface area contributed by atoms with Gasteiger partial charge in [0.1, 0.15) is 0 Å². The van der Waals surface area contributed by atoms with Gasteiger partial charge in [-0.15, -0.1) is 0 Å². The highest BCUT2D eigenvalue weighted by molar-refractivity contribution is 7.64. The Kier molecular flexibility index (Phi) is 5.26. The van der Waals surface area contributed by atoms with E-state index in [4.69, 9.17) is 4.21 Å². The van der Waals surface area contributed by atoms with E-state index in [1.807, 2.05) is 12.1 Å². The molecule has 0 amide bonds. The van der Waals surface area contributed by atoms with E-state index in [-0.39, 0.29) is 0 Å². The summed E-state index contributed by atoms with van der Waals surface area (Å²) in [7, 11) is 0. The lowest BCUT2D eigenvalue weighted by atomic mass is 10.1. The molecule has 0 atom stereocenters. The van der Waals surface area contributed by atoms with Crippen molar-refractivity contribution in [2.24, 2.45) is 0 Å². The molecule has 1 nitrogen and oxygen atoms in total. The van der Waals surface area contributed by atoms with Gasteiger partial charge in [-0.2, -0.15) is 0 Å². The summed E-state index contributed by atoms with van der Waals surface area (Å²) in [6.07, 6.45) is 1.49. The van der Waals surface area contributed by atoms with Crippen molar-refractivity contribution in [3.05, 3.63) is 60.7 Å². The fourth-order valence-corrected chi connectivity index (χ4v) is 1.26. The molecule has 0 unspecified atom stereocenters. The van der Waals surface area contributed by atoms with Crippen molar-refractivity contribution >= 4 is 11.7 Å². The molecule has 0 bridgehead atoms. The van der Waals surface area contributed by atoms with E-state index >= 15 is 0 Å². The minimum Gasteiger partial charge on any atom is -0.0622 e. The first kappa shape index (κ1) is 11.5. The van der Waals surface area contributed by atoms with Crippen molar-refractivity contribution in [1.29, 1.82) is 0 Å². The molecule has 0 saturated carbocycles. The maximum atomic E-state index is 8.85. The second kappa shape index (κ2) is 6.85. The molecule has 15 heavy (non-hydrogen) atoms. The zero-order valence-corrected chi connectivity index (χ0v) is 9.41. The van der Waals surface area contributed by atoms with Gasteiger partial charge in [-0.3, -0.25) is 0 Å². The van der Waals surface area contributed by atoms with Gasteiger partial charge in [-0.1, -0.05) is 60.7 Å². The SMILES string of the molecule is C[S+]=O.c1ccc(-c2ccccc2)cc1. The monoisotopic (exact) mass is 217 g/mol. The zero-order valence-electron chi connectivity index (χ0n) is 8.59. The van der Waals surface area contributed by atoms with E-state index in [2.05, 4.69) is 48.5 Å². The quantitative estimate of drug-likeness (QED) is 0.669. The van der Waals surface area contributed by atoms with Gasteiger partial charge in [0.2, 0.25) is 6.26 Å². The van der Waals surface area contributed by atoms with Crippen LogP contribution in [0.1, 0.15) is 0 Å². The summed E-state index contributed by atoms with van der Waals surface area (Å²) >= 11 is 0.500. The largest absolute Gasteiger partial charge is 0.455 e. The number of benzene rings is 2. The van der Waals surface area contributed by atoms with E-state index in [0.717, 1.165) is 0 Å². The number of hydrogen-bond donors (Lipinski definition) is 0. The highest BCUT2D eigenvalue weighted by atomic mass is 32.1. The zero-order chi connectivity index (χ0) is 10.9. The second-order valence-electron chi connectivity index (χ2n) is 2.90. The van der Waals surface area contributed by atoms with Crippen LogP contribution in [0.2, 0.25) is 0 Å². The van der Waals surface area contributed by atoms with Crippen molar-refractivity contribution in [3.63, 3.8) is 0 Å². The first-order valence-corrected chi connectivity index (χ1v) is 5.80. The van der Waals surface area contributed by atoms with Crippen LogP contribution in [0.3, 0.4) is 0 Å². The molecule has 0 aliphatic rings. The highest BCUT2D eigenvalue weighted by Gasteiger charge is 1.91. The van der Waals surface area contributed by atoms with Gasteiger partial charge in [0.25, 0.3) is 0 Å². The molecule has 2 aromatic rings. The van der Waals surface area contributed by atoms with Gasteiger partial charge < -0.3 is 0 Å². The second-order valence-corrected chi connectivity index (χ2v) is 3.23. The van der Waals surface area contributed by atoms with Crippen LogP contribution in [-0.4, -0.2) is 6.26 Å². The summed E-state index contributed by atoms with van der Waals surface area (Å²) in [6.45, 7) is 0. The van der Waals surface area contributed by atoms with E-state index in [1.54, 1.807) is 0 Å². The Bertz CT molecular complexity index is 346. The van der Waals surface area contributed by atoms with Crippen LogP contribution in [0.5, 0.6) is 0 Å². The van der Waals surface area contributed by atoms with Crippen molar-refractivity contribution in [2.45, 2.75) is 0 Å². The third kappa shape index (κ3) is 4.00. The van der Waals surface area contributed by atoms with Crippen molar-refractivity contribution in [3.8, 4) is 11.1 Å². The minimum absolute atomic E-state index is 0.500. The molecule has 0 saturated heterocycles. The van der Waals surface area contributed by atoms with Crippen LogP contribution < -0.4 is 0 Å². The van der Waals surface area contributed by atoms with Crippen molar-refractivity contribution < 1.29 is 4.21 Å². The molecule has 0 radical (unpaired) electrons. The topological polar surface area (TPSA) is 17.1 Å². The predicted molar refractivity (Wildman–Crippen MR) is 65.9 cm³/mol. The molecule has 2 aromatic carbocycles. The van der Waals surface area contributed by atoms with Gasteiger partial charge in [0.15, 0.2) is 0 Å². The average molecular weight is 217 g/mol. The maximum absolute atomic E-state index is 8.85. The molecule has 0 fully saturated rings. The van der Waals surface area contributed by atoms with E-state index in [0.29, 0.717) is 11.7 Å². The Morgan fingerprint density at radius 3 is 1.27 bits per heavy atom. The molecule has 0 heterocycles. The molecule has 0 aromatic heterocycles. The molecule has 0 N–H and O–H groups in total. The normalized spacial score (nSPS) is 8.60. The van der Waals surface area contributed by atoms with Crippen LogP contribution in [0.4, 0.5) is 0 Å².